The van der Waals surface area contributed by atoms with Gasteiger partial charge < -0.3 is 25.5 Å². The fourth-order valence-corrected chi connectivity index (χ4v) is 4.72. The van der Waals surface area contributed by atoms with Crippen molar-refractivity contribution in [1.29, 1.82) is 0 Å². The van der Waals surface area contributed by atoms with Gasteiger partial charge in [0.1, 0.15) is 17.1 Å². The number of nitrogens with zero attached hydrogens (tertiary/aromatic N) is 1. The number of amides is 2. The molecule has 12 heteroatoms. The Balaban J connectivity index is 1.33. The van der Waals surface area contributed by atoms with Crippen LogP contribution in [0, 0.1) is 5.92 Å². The van der Waals surface area contributed by atoms with Gasteiger partial charge in [-0.25, -0.2) is 9.78 Å². The van der Waals surface area contributed by atoms with Gasteiger partial charge in [0.2, 0.25) is 11.5 Å². The third kappa shape index (κ3) is 6.06. The van der Waals surface area contributed by atoms with Crippen molar-refractivity contribution in [3.63, 3.8) is 0 Å². The molecule has 1 aliphatic rings. The van der Waals surface area contributed by atoms with E-state index in [9.17, 15) is 27.6 Å². The molecule has 0 saturated carbocycles. The number of aromatic nitrogens is 2. The molecular weight excluding hydrogens is 529 g/mol. The van der Waals surface area contributed by atoms with Gasteiger partial charge in [-0.1, -0.05) is 6.07 Å². The lowest BCUT2D eigenvalue weighted by molar-refractivity contribution is -0.137. The number of rotatable bonds is 6. The van der Waals surface area contributed by atoms with E-state index in [0.29, 0.717) is 41.8 Å². The normalized spacial score (nSPS) is 14.8. The summed E-state index contributed by atoms with van der Waals surface area (Å²) >= 11 is 0. The van der Waals surface area contributed by atoms with Crippen LogP contribution < -0.4 is 20.9 Å². The minimum Gasteiger partial charge on any atom is -0.465 e. The van der Waals surface area contributed by atoms with Crippen LogP contribution in [0.4, 0.5) is 23.7 Å². The van der Waals surface area contributed by atoms with E-state index in [-0.39, 0.29) is 23.4 Å². The summed E-state index contributed by atoms with van der Waals surface area (Å²) in [4.78, 5) is 42.3. The molecule has 0 spiro atoms. The third-order valence-electron chi connectivity index (χ3n) is 6.63. The van der Waals surface area contributed by atoms with Crippen molar-refractivity contribution in [3.8, 4) is 11.5 Å². The molecule has 206 valence electrons. The van der Waals surface area contributed by atoms with Gasteiger partial charge in [-0.15, -0.1) is 0 Å². The van der Waals surface area contributed by atoms with Gasteiger partial charge in [0, 0.05) is 30.4 Å². The molecular formula is C28H23F3N4O5. The maximum absolute atomic E-state index is 13.4. The Morgan fingerprint density at radius 2 is 1.90 bits per heavy atom. The number of carbonyl (C=O) groups is 2. The first-order valence-electron chi connectivity index (χ1n) is 12.3. The highest BCUT2D eigenvalue weighted by molar-refractivity contribution is 5.93. The first-order valence-corrected chi connectivity index (χ1v) is 12.3. The summed E-state index contributed by atoms with van der Waals surface area (Å²) in [5.74, 6) is 0.0817. The van der Waals surface area contributed by atoms with Crippen LogP contribution in [-0.2, 0) is 30.4 Å². The van der Waals surface area contributed by atoms with Gasteiger partial charge in [-0.05, 0) is 78.4 Å². The average Bonchev–Trinajstić information content (AvgIpc) is 2.91. The number of hydrogen-bond acceptors (Lipinski definition) is 5. The predicted octanol–water partition coefficient (Wildman–Crippen LogP) is 5.25. The average molecular weight is 553 g/mol. The highest BCUT2D eigenvalue weighted by Crippen LogP contribution is 2.35. The predicted molar refractivity (Wildman–Crippen MR) is 139 cm³/mol. The highest BCUT2D eigenvalue weighted by Gasteiger charge is 2.32. The van der Waals surface area contributed by atoms with Crippen LogP contribution in [0.25, 0.3) is 11.0 Å². The van der Waals surface area contributed by atoms with Crippen molar-refractivity contribution in [2.75, 3.05) is 5.32 Å². The first kappa shape index (κ1) is 26.7. The topological polar surface area (TPSA) is 133 Å². The number of nitrogens with one attached hydrogen (secondary N) is 3. The number of carbonyl (C=O) groups excluding carboxylic acids is 1. The van der Waals surface area contributed by atoms with Crippen LogP contribution in [-0.4, -0.2) is 27.1 Å². The first-order chi connectivity index (χ1) is 19.0. The largest absolute Gasteiger partial charge is 0.465 e. The summed E-state index contributed by atoms with van der Waals surface area (Å²) in [6, 6.07) is 13.2. The Labute approximate surface area is 225 Å². The molecule has 2 aromatic heterocycles. The maximum Gasteiger partial charge on any atom is 0.416 e. The highest BCUT2D eigenvalue weighted by atomic mass is 19.4. The fraction of sp³-hybridized carbons (Fsp3) is 0.214. The molecule has 40 heavy (non-hydrogen) atoms. The van der Waals surface area contributed by atoms with E-state index in [2.05, 4.69) is 15.3 Å². The van der Waals surface area contributed by atoms with Crippen LogP contribution >= 0.6 is 0 Å². The summed E-state index contributed by atoms with van der Waals surface area (Å²) < 4.78 is 46.3. The van der Waals surface area contributed by atoms with Crippen LogP contribution in [0.2, 0.25) is 0 Å². The molecule has 1 unspecified atom stereocenters. The number of alkyl halides is 3. The number of anilines is 1. The summed E-state index contributed by atoms with van der Waals surface area (Å²) in [5, 5.41) is 14.0. The standard InChI is InChI=1S/C28H23F3N4O5/c29-28(30,31)19-9-15(14-33-27(38)39)10-20(13-19)34-26(37)17-2-1-16-3-4-21(12-18(16)11-17)40-23-7-8-32-25-22(23)5-6-24(36)35-25/h3-10,12-13,17,33H,1-2,11,14H2,(H,34,37)(H,38,39)(H,32,35,36). The Morgan fingerprint density at radius 1 is 1.07 bits per heavy atom. The van der Waals surface area contributed by atoms with Gasteiger partial charge in [-0.3, -0.25) is 9.59 Å². The van der Waals surface area contributed by atoms with Crippen LogP contribution in [0.5, 0.6) is 11.5 Å². The molecule has 0 aliphatic heterocycles. The van der Waals surface area contributed by atoms with Gasteiger partial charge in [-0.2, -0.15) is 13.2 Å². The van der Waals surface area contributed by atoms with E-state index in [1.54, 1.807) is 12.1 Å². The van der Waals surface area contributed by atoms with Crippen LogP contribution in [0.1, 0.15) is 28.7 Å². The monoisotopic (exact) mass is 552 g/mol. The van der Waals surface area contributed by atoms with Gasteiger partial charge in [0.25, 0.3) is 0 Å². The lowest BCUT2D eigenvalue weighted by atomic mass is 9.83. The number of ether oxygens (including phenoxy) is 1. The number of carboxylic acid groups (broad SMARTS) is 1. The van der Waals surface area contributed by atoms with Crippen molar-refractivity contribution >= 4 is 28.7 Å². The number of aromatic amines is 1. The smallest absolute Gasteiger partial charge is 0.416 e. The zero-order valence-electron chi connectivity index (χ0n) is 20.8. The molecule has 0 radical (unpaired) electrons. The number of benzene rings is 2. The Bertz CT molecular complexity index is 1670. The minimum absolute atomic E-state index is 0.0625. The Morgan fingerprint density at radius 3 is 2.67 bits per heavy atom. The minimum atomic E-state index is -4.67. The van der Waals surface area contributed by atoms with Gasteiger partial charge in [0.15, 0.2) is 0 Å². The zero-order chi connectivity index (χ0) is 28.4. The SMILES string of the molecule is O=C(O)NCc1cc(NC(=O)C2CCc3ccc(Oc4ccnc5[nH]c(=O)ccc45)cc3C2)cc(C(F)(F)F)c1. The summed E-state index contributed by atoms with van der Waals surface area (Å²) in [5.41, 5.74) is 1.04. The lowest BCUT2D eigenvalue weighted by Crippen LogP contribution is -2.28. The van der Waals surface area contributed by atoms with E-state index in [1.165, 1.54) is 18.3 Å². The zero-order valence-corrected chi connectivity index (χ0v) is 20.8. The summed E-state index contributed by atoms with van der Waals surface area (Å²) in [6.45, 7) is -0.343. The molecule has 2 aromatic carbocycles. The quantitative estimate of drug-likeness (QED) is 0.258. The maximum atomic E-state index is 13.4. The number of aryl methyl sites for hydroxylation is 1. The molecule has 0 bridgehead atoms. The molecule has 4 N–H and O–H groups in total. The second kappa shape index (κ2) is 10.7. The van der Waals surface area contributed by atoms with Crippen molar-refractivity contribution < 1.29 is 32.6 Å². The molecule has 4 aromatic rings. The van der Waals surface area contributed by atoms with E-state index >= 15 is 0 Å². The number of hydrogen-bond donors (Lipinski definition) is 4. The second-order valence-electron chi connectivity index (χ2n) is 9.43. The second-order valence-corrected chi connectivity index (χ2v) is 9.43. The lowest BCUT2D eigenvalue weighted by Gasteiger charge is -2.25. The van der Waals surface area contributed by atoms with E-state index in [4.69, 9.17) is 9.84 Å². The molecule has 0 saturated heterocycles. The third-order valence-corrected chi connectivity index (χ3v) is 6.63. The van der Waals surface area contributed by atoms with Crippen molar-refractivity contribution in [2.24, 2.45) is 5.92 Å². The molecule has 2 amide bonds. The van der Waals surface area contributed by atoms with E-state index in [0.717, 1.165) is 23.3 Å². The molecule has 1 atom stereocenters. The number of H-pyrrole nitrogens is 1. The van der Waals surface area contributed by atoms with Gasteiger partial charge in [0.05, 0.1) is 10.9 Å². The van der Waals surface area contributed by atoms with Crippen LogP contribution in [0.15, 0.2) is 65.6 Å². The van der Waals surface area contributed by atoms with Crippen molar-refractivity contribution in [1.82, 2.24) is 15.3 Å². The fourth-order valence-electron chi connectivity index (χ4n) is 4.72. The summed E-state index contributed by atoms with van der Waals surface area (Å²) in [7, 11) is 0. The van der Waals surface area contributed by atoms with E-state index < -0.39 is 29.7 Å². The number of pyridine rings is 2. The van der Waals surface area contributed by atoms with Crippen molar-refractivity contribution in [3.05, 3.63) is 93.4 Å². The molecule has 0 fully saturated rings. The van der Waals surface area contributed by atoms with Crippen molar-refractivity contribution in [2.45, 2.75) is 32.0 Å². The summed E-state index contributed by atoms with van der Waals surface area (Å²) in [6.07, 6.45) is -3.07. The molecule has 9 nitrogen and oxygen atoms in total. The Hall–Kier alpha value is -4.87. The number of fused-ring (bicyclic) bond motifs is 2. The van der Waals surface area contributed by atoms with Gasteiger partial charge >= 0.3 is 12.3 Å². The molecule has 5 rings (SSSR count). The Kier molecular flexibility index (Phi) is 7.16. The number of halogens is 3. The van der Waals surface area contributed by atoms with Crippen LogP contribution in [0.3, 0.4) is 0 Å². The van der Waals surface area contributed by atoms with E-state index in [1.807, 2.05) is 23.5 Å². The molecule has 1 aliphatic carbocycles. The molecule has 2 heterocycles.